The van der Waals surface area contributed by atoms with Crippen molar-refractivity contribution in [3.05, 3.63) is 18.2 Å². The third-order valence-electron chi connectivity index (χ3n) is 2.67. The lowest BCUT2D eigenvalue weighted by Crippen LogP contribution is -2.24. The molecule has 0 spiro atoms. The topological polar surface area (TPSA) is 98.5 Å². The van der Waals surface area contributed by atoms with E-state index in [9.17, 15) is 13.2 Å². The second kappa shape index (κ2) is 7.56. The molecule has 0 heterocycles. The average Bonchev–Trinajstić information content (AvgIpc) is 2.37. The number of ether oxygens (including phenoxy) is 1. The van der Waals surface area contributed by atoms with Crippen LogP contribution in [0.4, 0.5) is 11.4 Å². The molecule has 1 amide bonds. The first-order valence-corrected chi connectivity index (χ1v) is 9.37. The smallest absolute Gasteiger partial charge is 0.237 e. The van der Waals surface area contributed by atoms with E-state index in [2.05, 4.69) is 5.32 Å². The van der Waals surface area contributed by atoms with E-state index in [1.165, 1.54) is 25.1 Å². The van der Waals surface area contributed by atoms with E-state index in [1.807, 2.05) is 0 Å². The Labute approximate surface area is 129 Å². The second-order valence-corrected chi connectivity index (χ2v) is 8.30. The number of hydrogen-bond donors (Lipinski definition) is 2. The Morgan fingerprint density at radius 1 is 1.48 bits per heavy atom. The van der Waals surface area contributed by atoms with Crippen molar-refractivity contribution in [1.82, 2.24) is 0 Å². The number of thioether (sulfide) groups is 1. The lowest BCUT2D eigenvalue weighted by atomic mass is 10.2. The van der Waals surface area contributed by atoms with Crippen LogP contribution >= 0.6 is 11.8 Å². The molecule has 1 aromatic rings. The van der Waals surface area contributed by atoms with Crippen LogP contribution in [-0.4, -0.2) is 44.4 Å². The molecule has 21 heavy (non-hydrogen) atoms. The van der Waals surface area contributed by atoms with Gasteiger partial charge in [-0.25, -0.2) is 8.42 Å². The van der Waals surface area contributed by atoms with Crippen molar-refractivity contribution in [2.45, 2.75) is 12.2 Å². The van der Waals surface area contributed by atoms with Crippen molar-refractivity contribution in [3.63, 3.8) is 0 Å². The summed E-state index contributed by atoms with van der Waals surface area (Å²) in [5, 5.41) is 2.36. The number of carbonyl (C=O) groups excluding carboxylic acids is 1. The zero-order valence-electron chi connectivity index (χ0n) is 12.3. The monoisotopic (exact) mass is 332 g/mol. The van der Waals surface area contributed by atoms with Gasteiger partial charge in [0.25, 0.3) is 0 Å². The fraction of sp³-hybridized carbons (Fsp3) is 0.462. The number of nitrogens with two attached hydrogens (primary N) is 1. The van der Waals surface area contributed by atoms with Crippen LogP contribution in [0.25, 0.3) is 0 Å². The zero-order chi connectivity index (χ0) is 16.0. The summed E-state index contributed by atoms with van der Waals surface area (Å²) >= 11 is 1.29. The first-order chi connectivity index (χ1) is 9.73. The quantitative estimate of drug-likeness (QED) is 0.732. The molecule has 1 rings (SSSR count). The molecule has 0 aliphatic carbocycles. The molecule has 6 nitrogen and oxygen atoms in total. The van der Waals surface area contributed by atoms with E-state index in [1.54, 1.807) is 25.1 Å². The van der Waals surface area contributed by atoms with E-state index < -0.39 is 9.84 Å². The summed E-state index contributed by atoms with van der Waals surface area (Å²) in [4.78, 5) is 12.1. The normalized spacial score (nSPS) is 12.7. The molecule has 0 aliphatic rings. The molecule has 3 N–H and O–H groups in total. The summed E-state index contributed by atoms with van der Waals surface area (Å²) in [5.74, 6) is 0.724. The Bertz CT molecular complexity index is 602. The van der Waals surface area contributed by atoms with E-state index in [4.69, 9.17) is 10.5 Å². The molecule has 1 atom stereocenters. The van der Waals surface area contributed by atoms with Crippen LogP contribution in [0.3, 0.4) is 0 Å². The molecule has 0 saturated heterocycles. The van der Waals surface area contributed by atoms with Crippen LogP contribution in [0, 0.1) is 0 Å². The lowest BCUT2D eigenvalue weighted by Gasteiger charge is -2.14. The maximum atomic E-state index is 12.1. The molecule has 0 aliphatic heterocycles. The Hall–Kier alpha value is -1.41. The minimum atomic E-state index is -3.01. The fourth-order valence-corrected chi connectivity index (χ4v) is 3.67. The Morgan fingerprint density at radius 2 is 2.14 bits per heavy atom. The molecule has 0 aromatic heterocycles. The van der Waals surface area contributed by atoms with Crippen molar-refractivity contribution < 1.29 is 17.9 Å². The highest BCUT2D eigenvalue weighted by Crippen LogP contribution is 2.27. The predicted octanol–water partition coefficient (Wildman–Crippen LogP) is 1.38. The van der Waals surface area contributed by atoms with Gasteiger partial charge in [0.05, 0.1) is 23.8 Å². The molecule has 8 heteroatoms. The molecular weight excluding hydrogens is 312 g/mol. The third kappa shape index (κ3) is 6.26. The number of anilines is 2. The van der Waals surface area contributed by atoms with Crippen molar-refractivity contribution in [2.24, 2.45) is 0 Å². The molecule has 0 saturated carbocycles. The van der Waals surface area contributed by atoms with Gasteiger partial charge in [-0.15, -0.1) is 11.8 Å². The minimum absolute atomic E-state index is 0.0525. The summed E-state index contributed by atoms with van der Waals surface area (Å²) in [6.45, 7) is 1.72. The molecule has 1 aromatic carbocycles. The van der Waals surface area contributed by atoms with Crippen LogP contribution in [-0.2, 0) is 14.6 Å². The maximum absolute atomic E-state index is 12.1. The standard InChI is InChI=1S/C13H20N2O4S2/c1-9(20-6-7-21(3,17)18)13(16)15-11-8-10(14)4-5-12(11)19-2/h4-5,8-9H,6-7,14H2,1-3H3,(H,15,16). The van der Waals surface area contributed by atoms with Gasteiger partial charge in [-0.2, -0.15) is 0 Å². The van der Waals surface area contributed by atoms with E-state index in [0.717, 1.165) is 0 Å². The van der Waals surface area contributed by atoms with Crippen LogP contribution in [0.2, 0.25) is 0 Å². The van der Waals surface area contributed by atoms with Gasteiger partial charge in [0, 0.05) is 17.7 Å². The number of nitrogens with one attached hydrogen (secondary N) is 1. The van der Waals surface area contributed by atoms with Crippen molar-refractivity contribution in [3.8, 4) is 5.75 Å². The van der Waals surface area contributed by atoms with Gasteiger partial charge in [0.1, 0.15) is 15.6 Å². The number of rotatable bonds is 7. The lowest BCUT2D eigenvalue weighted by molar-refractivity contribution is -0.115. The van der Waals surface area contributed by atoms with E-state index in [-0.39, 0.29) is 16.9 Å². The largest absolute Gasteiger partial charge is 0.495 e. The van der Waals surface area contributed by atoms with Gasteiger partial charge >= 0.3 is 0 Å². The predicted molar refractivity (Wildman–Crippen MR) is 87.7 cm³/mol. The molecule has 0 bridgehead atoms. The van der Waals surface area contributed by atoms with Gasteiger partial charge in [0.2, 0.25) is 5.91 Å². The number of nitrogen functional groups attached to an aromatic ring is 1. The fourth-order valence-electron chi connectivity index (χ4n) is 1.51. The third-order valence-corrected chi connectivity index (χ3v) is 5.03. The molecule has 1 unspecified atom stereocenters. The van der Waals surface area contributed by atoms with Crippen molar-refractivity contribution in [2.75, 3.05) is 35.9 Å². The first kappa shape index (κ1) is 17.6. The van der Waals surface area contributed by atoms with E-state index in [0.29, 0.717) is 22.9 Å². The van der Waals surface area contributed by atoms with E-state index >= 15 is 0 Å². The Morgan fingerprint density at radius 3 is 2.71 bits per heavy atom. The van der Waals surface area contributed by atoms with Crippen LogP contribution in [0.1, 0.15) is 6.92 Å². The molecule has 0 fully saturated rings. The van der Waals surface area contributed by atoms with Crippen molar-refractivity contribution in [1.29, 1.82) is 0 Å². The average molecular weight is 332 g/mol. The van der Waals surface area contributed by atoms with Crippen LogP contribution in [0.5, 0.6) is 5.75 Å². The Balaban J connectivity index is 2.62. The highest BCUT2D eigenvalue weighted by Gasteiger charge is 2.16. The SMILES string of the molecule is COc1ccc(N)cc1NC(=O)C(C)SCCS(C)(=O)=O. The van der Waals surface area contributed by atoms with Gasteiger partial charge < -0.3 is 15.8 Å². The highest BCUT2D eigenvalue weighted by atomic mass is 32.2. The molecule has 0 radical (unpaired) electrons. The molecule has 118 valence electrons. The number of carbonyl (C=O) groups is 1. The molecular formula is C13H20N2O4S2. The second-order valence-electron chi connectivity index (χ2n) is 4.59. The van der Waals surface area contributed by atoms with Gasteiger partial charge in [-0.05, 0) is 25.1 Å². The maximum Gasteiger partial charge on any atom is 0.237 e. The van der Waals surface area contributed by atoms with Gasteiger partial charge in [0.15, 0.2) is 0 Å². The Kier molecular flexibility index (Phi) is 6.35. The number of amides is 1. The highest BCUT2D eigenvalue weighted by molar-refractivity contribution is 8.01. The van der Waals surface area contributed by atoms with Crippen molar-refractivity contribution >= 4 is 38.9 Å². The number of benzene rings is 1. The summed E-state index contributed by atoms with van der Waals surface area (Å²) in [6.07, 6.45) is 1.18. The van der Waals surface area contributed by atoms with Crippen LogP contribution in [0.15, 0.2) is 18.2 Å². The number of hydrogen-bond acceptors (Lipinski definition) is 6. The summed E-state index contributed by atoms with van der Waals surface area (Å²) in [7, 11) is -1.50. The summed E-state index contributed by atoms with van der Waals surface area (Å²) in [5.41, 5.74) is 6.70. The number of sulfone groups is 1. The zero-order valence-corrected chi connectivity index (χ0v) is 13.9. The first-order valence-electron chi connectivity index (χ1n) is 6.26. The van der Waals surface area contributed by atoms with Gasteiger partial charge in [-0.1, -0.05) is 0 Å². The summed E-state index contributed by atoms with van der Waals surface area (Å²) in [6, 6.07) is 4.97. The van der Waals surface area contributed by atoms with Gasteiger partial charge in [-0.3, -0.25) is 4.79 Å². The minimum Gasteiger partial charge on any atom is -0.495 e. The van der Waals surface area contributed by atoms with Crippen LogP contribution < -0.4 is 15.8 Å². The number of methoxy groups -OCH3 is 1. The summed E-state index contributed by atoms with van der Waals surface area (Å²) < 4.78 is 27.3.